The summed E-state index contributed by atoms with van der Waals surface area (Å²) in [7, 11) is 0. The lowest BCUT2D eigenvalue weighted by atomic mass is 10.1. The SMILES string of the molecule is CCOc1ccccc1OCC(=O)Nc1ncc(Cc2ccc(F)cc2)s1. The van der Waals surface area contributed by atoms with E-state index in [-0.39, 0.29) is 18.3 Å². The van der Waals surface area contributed by atoms with Gasteiger partial charge in [0.15, 0.2) is 23.2 Å². The van der Waals surface area contributed by atoms with Gasteiger partial charge in [0.1, 0.15) is 5.82 Å². The van der Waals surface area contributed by atoms with Crippen molar-refractivity contribution in [2.45, 2.75) is 13.3 Å². The fourth-order valence-electron chi connectivity index (χ4n) is 2.39. The van der Waals surface area contributed by atoms with Crippen molar-refractivity contribution in [2.24, 2.45) is 0 Å². The molecule has 0 aliphatic rings. The van der Waals surface area contributed by atoms with Crippen LogP contribution in [0.3, 0.4) is 0 Å². The lowest BCUT2D eigenvalue weighted by molar-refractivity contribution is -0.118. The second-order valence-corrected chi connectivity index (χ2v) is 6.77. The number of carbonyl (C=O) groups is 1. The van der Waals surface area contributed by atoms with E-state index >= 15 is 0 Å². The highest BCUT2D eigenvalue weighted by molar-refractivity contribution is 7.15. The molecule has 0 saturated carbocycles. The summed E-state index contributed by atoms with van der Waals surface area (Å²) in [5.41, 5.74) is 0.980. The number of benzene rings is 2. The first-order valence-corrected chi connectivity index (χ1v) is 9.29. The minimum absolute atomic E-state index is 0.142. The molecule has 0 saturated heterocycles. The Labute approximate surface area is 160 Å². The molecule has 0 bridgehead atoms. The highest BCUT2D eigenvalue weighted by Crippen LogP contribution is 2.26. The first-order chi connectivity index (χ1) is 13.1. The average Bonchev–Trinajstić information content (AvgIpc) is 3.10. The Hall–Kier alpha value is -2.93. The van der Waals surface area contributed by atoms with Crippen molar-refractivity contribution < 1.29 is 18.7 Å². The van der Waals surface area contributed by atoms with Crippen LogP contribution in [0.2, 0.25) is 0 Å². The molecule has 3 rings (SSSR count). The van der Waals surface area contributed by atoms with E-state index in [1.807, 2.05) is 19.1 Å². The zero-order valence-electron chi connectivity index (χ0n) is 14.8. The average molecular weight is 386 g/mol. The Kier molecular flexibility index (Phi) is 6.38. The molecule has 1 amide bonds. The normalized spacial score (nSPS) is 10.4. The molecule has 0 fully saturated rings. The Balaban J connectivity index is 1.53. The monoisotopic (exact) mass is 386 g/mol. The number of anilines is 1. The molecule has 1 heterocycles. The molecule has 0 atom stereocenters. The molecule has 0 aliphatic heterocycles. The maximum absolute atomic E-state index is 13.0. The van der Waals surface area contributed by atoms with Crippen LogP contribution in [-0.2, 0) is 11.2 Å². The number of nitrogens with zero attached hydrogens (tertiary/aromatic N) is 1. The van der Waals surface area contributed by atoms with E-state index in [1.54, 1.807) is 30.5 Å². The predicted molar refractivity (Wildman–Crippen MR) is 103 cm³/mol. The summed E-state index contributed by atoms with van der Waals surface area (Å²) in [5, 5.41) is 3.22. The van der Waals surface area contributed by atoms with Crippen LogP contribution >= 0.6 is 11.3 Å². The van der Waals surface area contributed by atoms with Gasteiger partial charge in [0.25, 0.3) is 5.91 Å². The van der Waals surface area contributed by atoms with Crippen molar-refractivity contribution in [3.05, 3.63) is 71.0 Å². The number of aromatic nitrogens is 1. The van der Waals surface area contributed by atoms with E-state index in [9.17, 15) is 9.18 Å². The van der Waals surface area contributed by atoms with Crippen molar-refractivity contribution in [1.29, 1.82) is 0 Å². The molecule has 3 aromatic rings. The molecule has 1 aromatic heterocycles. The fourth-order valence-corrected chi connectivity index (χ4v) is 3.26. The molecule has 5 nitrogen and oxygen atoms in total. The lowest BCUT2D eigenvalue weighted by Crippen LogP contribution is -2.20. The molecule has 0 radical (unpaired) electrons. The highest BCUT2D eigenvalue weighted by atomic mass is 32.1. The quantitative estimate of drug-likeness (QED) is 0.627. The summed E-state index contributed by atoms with van der Waals surface area (Å²) in [4.78, 5) is 17.3. The number of ether oxygens (including phenoxy) is 2. The van der Waals surface area contributed by atoms with E-state index in [2.05, 4.69) is 10.3 Å². The second kappa shape index (κ2) is 9.14. The van der Waals surface area contributed by atoms with E-state index in [0.717, 1.165) is 10.4 Å². The highest BCUT2D eigenvalue weighted by Gasteiger charge is 2.10. The van der Waals surface area contributed by atoms with Crippen LogP contribution in [0.1, 0.15) is 17.4 Å². The number of nitrogens with one attached hydrogen (secondary N) is 1. The Morgan fingerprint density at radius 3 is 2.52 bits per heavy atom. The van der Waals surface area contributed by atoms with E-state index < -0.39 is 0 Å². The van der Waals surface area contributed by atoms with E-state index in [4.69, 9.17) is 9.47 Å². The van der Waals surface area contributed by atoms with Gasteiger partial charge in [0.05, 0.1) is 6.61 Å². The summed E-state index contributed by atoms with van der Waals surface area (Å²) in [6.45, 7) is 2.26. The van der Waals surface area contributed by atoms with Gasteiger partial charge in [-0.2, -0.15) is 0 Å². The molecular weight excluding hydrogens is 367 g/mol. The Bertz CT molecular complexity index is 896. The van der Waals surface area contributed by atoms with Gasteiger partial charge in [0.2, 0.25) is 0 Å². The van der Waals surface area contributed by atoms with Crippen LogP contribution in [-0.4, -0.2) is 24.1 Å². The number of hydrogen-bond acceptors (Lipinski definition) is 5. The van der Waals surface area contributed by atoms with Gasteiger partial charge in [-0.1, -0.05) is 24.3 Å². The van der Waals surface area contributed by atoms with Crippen LogP contribution in [0.5, 0.6) is 11.5 Å². The third-order valence-electron chi connectivity index (χ3n) is 3.60. The molecule has 0 aliphatic carbocycles. The number of thiazole rings is 1. The smallest absolute Gasteiger partial charge is 0.264 e. The van der Waals surface area contributed by atoms with E-state index in [0.29, 0.717) is 29.7 Å². The summed E-state index contributed by atoms with van der Waals surface area (Å²) in [6.07, 6.45) is 2.33. The summed E-state index contributed by atoms with van der Waals surface area (Å²) >= 11 is 1.38. The Morgan fingerprint density at radius 1 is 1.11 bits per heavy atom. The van der Waals surface area contributed by atoms with Gasteiger partial charge in [-0.15, -0.1) is 11.3 Å². The largest absolute Gasteiger partial charge is 0.490 e. The number of rotatable bonds is 8. The Morgan fingerprint density at radius 2 is 1.81 bits per heavy atom. The molecular formula is C20H19FN2O3S. The van der Waals surface area contributed by atoms with Gasteiger partial charge in [-0.3, -0.25) is 10.1 Å². The molecule has 1 N–H and O–H groups in total. The first kappa shape index (κ1) is 18.8. The second-order valence-electron chi connectivity index (χ2n) is 5.65. The summed E-state index contributed by atoms with van der Waals surface area (Å²) in [6, 6.07) is 13.5. The van der Waals surface area contributed by atoms with Gasteiger partial charge >= 0.3 is 0 Å². The first-order valence-electron chi connectivity index (χ1n) is 8.47. The molecule has 7 heteroatoms. The van der Waals surface area contributed by atoms with Gasteiger partial charge < -0.3 is 9.47 Å². The number of hydrogen-bond donors (Lipinski definition) is 1. The van der Waals surface area contributed by atoms with Crippen LogP contribution < -0.4 is 14.8 Å². The number of carbonyl (C=O) groups excluding carboxylic acids is 1. The number of amides is 1. The lowest BCUT2D eigenvalue weighted by Gasteiger charge is -2.10. The van der Waals surface area contributed by atoms with Gasteiger partial charge in [-0.25, -0.2) is 9.37 Å². The van der Waals surface area contributed by atoms with Crippen LogP contribution in [0.4, 0.5) is 9.52 Å². The van der Waals surface area contributed by atoms with Crippen molar-refractivity contribution in [1.82, 2.24) is 4.98 Å². The van der Waals surface area contributed by atoms with Gasteiger partial charge in [-0.05, 0) is 36.8 Å². The molecule has 0 spiro atoms. The maximum atomic E-state index is 13.0. The zero-order valence-corrected chi connectivity index (χ0v) is 15.6. The summed E-state index contributed by atoms with van der Waals surface area (Å²) < 4.78 is 24.0. The molecule has 0 unspecified atom stereocenters. The van der Waals surface area contributed by atoms with Crippen molar-refractivity contribution >= 4 is 22.4 Å². The molecule has 27 heavy (non-hydrogen) atoms. The van der Waals surface area contributed by atoms with Gasteiger partial charge in [0, 0.05) is 17.5 Å². The third kappa shape index (κ3) is 5.52. The maximum Gasteiger partial charge on any atom is 0.264 e. The minimum atomic E-state index is -0.302. The topological polar surface area (TPSA) is 60.5 Å². The van der Waals surface area contributed by atoms with Crippen LogP contribution in [0, 0.1) is 5.82 Å². The zero-order chi connectivity index (χ0) is 19.1. The third-order valence-corrected chi connectivity index (χ3v) is 4.51. The summed E-state index contributed by atoms with van der Waals surface area (Å²) in [5.74, 6) is 0.556. The van der Waals surface area contributed by atoms with Crippen molar-refractivity contribution in [2.75, 3.05) is 18.5 Å². The molecule has 2 aromatic carbocycles. The fraction of sp³-hybridized carbons (Fsp3) is 0.200. The number of halogens is 1. The van der Waals surface area contributed by atoms with Crippen molar-refractivity contribution in [3.8, 4) is 11.5 Å². The van der Waals surface area contributed by atoms with Crippen molar-refractivity contribution in [3.63, 3.8) is 0 Å². The van der Waals surface area contributed by atoms with E-state index in [1.165, 1.54) is 23.5 Å². The standard InChI is InChI=1S/C20H19FN2O3S/c1-2-25-17-5-3-4-6-18(17)26-13-19(24)23-20-22-12-16(27-20)11-14-7-9-15(21)10-8-14/h3-10,12H,2,11,13H2,1H3,(H,22,23,24). The minimum Gasteiger partial charge on any atom is -0.490 e. The van der Waals surface area contributed by atoms with Crippen LogP contribution in [0.25, 0.3) is 0 Å². The predicted octanol–water partition coefficient (Wildman–Crippen LogP) is 4.29. The number of para-hydroxylation sites is 2. The van der Waals surface area contributed by atoms with Crippen LogP contribution in [0.15, 0.2) is 54.7 Å². The molecule has 140 valence electrons.